The minimum atomic E-state index is -0.228. The maximum absolute atomic E-state index is 13.4. The Morgan fingerprint density at radius 3 is 2.50 bits per heavy atom. The molecule has 1 fully saturated rings. The SMILES string of the molecule is COc1ccc(C2c3c(-c4ccc(Cl)cc4)n[nH]c3C(=O)N2CCN2CCOCC2)cc1. The number of amides is 1. The molecule has 8 heteroatoms. The molecule has 2 aliphatic rings. The maximum atomic E-state index is 13.4. The Kier molecular flexibility index (Phi) is 5.87. The van der Waals surface area contributed by atoms with Crippen molar-refractivity contribution in [3.8, 4) is 17.0 Å². The fraction of sp³-hybridized carbons (Fsp3) is 0.333. The first-order valence-electron chi connectivity index (χ1n) is 10.7. The number of rotatable bonds is 6. The van der Waals surface area contributed by atoms with Gasteiger partial charge in [-0.15, -0.1) is 0 Å². The Labute approximate surface area is 191 Å². The lowest BCUT2D eigenvalue weighted by molar-refractivity contribution is 0.0316. The summed E-state index contributed by atoms with van der Waals surface area (Å²) in [7, 11) is 1.65. The molecule has 3 aromatic rings. The van der Waals surface area contributed by atoms with Gasteiger partial charge in [0.25, 0.3) is 5.91 Å². The number of halogens is 1. The third-order valence-electron chi connectivity index (χ3n) is 6.17. The average molecular weight is 453 g/mol. The van der Waals surface area contributed by atoms with Gasteiger partial charge in [0.2, 0.25) is 0 Å². The molecule has 2 aliphatic heterocycles. The molecule has 1 unspecified atom stereocenters. The summed E-state index contributed by atoms with van der Waals surface area (Å²) in [4.78, 5) is 17.7. The molecule has 32 heavy (non-hydrogen) atoms. The maximum Gasteiger partial charge on any atom is 0.273 e. The fourth-order valence-corrected chi connectivity index (χ4v) is 4.59. The molecule has 5 rings (SSSR count). The van der Waals surface area contributed by atoms with E-state index in [1.807, 2.05) is 53.4 Å². The van der Waals surface area contributed by atoms with Gasteiger partial charge in [-0.2, -0.15) is 5.10 Å². The van der Waals surface area contributed by atoms with Crippen molar-refractivity contribution in [1.29, 1.82) is 0 Å². The number of fused-ring (bicyclic) bond motifs is 1. The van der Waals surface area contributed by atoms with Crippen molar-refractivity contribution in [2.24, 2.45) is 0 Å². The first-order valence-corrected chi connectivity index (χ1v) is 11.1. The zero-order valence-corrected chi connectivity index (χ0v) is 18.6. The van der Waals surface area contributed by atoms with Crippen LogP contribution >= 0.6 is 11.6 Å². The number of carbonyl (C=O) groups excluding carboxylic acids is 1. The molecular formula is C24H25ClN4O3. The van der Waals surface area contributed by atoms with E-state index in [1.165, 1.54) is 0 Å². The van der Waals surface area contributed by atoms with E-state index in [2.05, 4.69) is 15.1 Å². The highest BCUT2D eigenvalue weighted by atomic mass is 35.5. The normalized spacial score (nSPS) is 18.8. The Balaban J connectivity index is 1.52. The summed E-state index contributed by atoms with van der Waals surface area (Å²) in [5, 5.41) is 8.18. The van der Waals surface area contributed by atoms with Gasteiger partial charge in [0.05, 0.1) is 32.1 Å². The van der Waals surface area contributed by atoms with Gasteiger partial charge < -0.3 is 14.4 Å². The third-order valence-corrected chi connectivity index (χ3v) is 6.43. The van der Waals surface area contributed by atoms with Gasteiger partial charge >= 0.3 is 0 Å². The van der Waals surface area contributed by atoms with E-state index in [1.54, 1.807) is 7.11 Å². The third kappa shape index (κ3) is 3.88. The zero-order valence-electron chi connectivity index (χ0n) is 17.9. The molecule has 1 amide bonds. The number of nitrogens with one attached hydrogen (secondary N) is 1. The molecule has 7 nitrogen and oxygen atoms in total. The van der Waals surface area contributed by atoms with Crippen LogP contribution in [0, 0.1) is 0 Å². The van der Waals surface area contributed by atoms with Gasteiger partial charge in [0.15, 0.2) is 0 Å². The van der Waals surface area contributed by atoms with E-state index in [0.29, 0.717) is 17.3 Å². The molecule has 1 aromatic heterocycles. The van der Waals surface area contributed by atoms with Crippen molar-refractivity contribution in [3.63, 3.8) is 0 Å². The highest BCUT2D eigenvalue weighted by molar-refractivity contribution is 6.30. The molecular weight excluding hydrogens is 428 g/mol. The van der Waals surface area contributed by atoms with E-state index in [9.17, 15) is 4.79 Å². The van der Waals surface area contributed by atoms with E-state index in [4.69, 9.17) is 21.1 Å². The highest BCUT2D eigenvalue weighted by Crippen LogP contribution is 2.43. The van der Waals surface area contributed by atoms with Crippen molar-refractivity contribution in [2.75, 3.05) is 46.5 Å². The Morgan fingerprint density at radius 1 is 1.09 bits per heavy atom. The monoisotopic (exact) mass is 452 g/mol. The van der Waals surface area contributed by atoms with Crippen LogP contribution in [0.2, 0.25) is 5.02 Å². The second-order valence-electron chi connectivity index (χ2n) is 8.00. The Morgan fingerprint density at radius 2 is 1.81 bits per heavy atom. The van der Waals surface area contributed by atoms with Crippen LogP contribution < -0.4 is 4.74 Å². The Bertz CT molecular complexity index is 1090. The molecule has 0 radical (unpaired) electrons. The van der Waals surface area contributed by atoms with Crippen molar-refractivity contribution >= 4 is 17.5 Å². The quantitative estimate of drug-likeness (QED) is 0.618. The summed E-state index contributed by atoms with van der Waals surface area (Å²) >= 11 is 6.09. The second kappa shape index (κ2) is 8.94. The average Bonchev–Trinajstić information content (AvgIpc) is 3.38. The summed E-state index contributed by atoms with van der Waals surface area (Å²) in [5.74, 6) is 0.755. The van der Waals surface area contributed by atoms with Crippen molar-refractivity contribution < 1.29 is 14.3 Å². The molecule has 0 spiro atoms. The van der Waals surface area contributed by atoms with E-state index < -0.39 is 0 Å². The largest absolute Gasteiger partial charge is 0.497 e. The van der Waals surface area contributed by atoms with Gasteiger partial charge in [-0.25, -0.2) is 0 Å². The number of carbonyl (C=O) groups is 1. The summed E-state index contributed by atoms with van der Waals surface area (Å²) in [5.41, 5.74) is 4.19. The van der Waals surface area contributed by atoms with Gasteiger partial charge in [-0.3, -0.25) is 14.8 Å². The molecule has 0 bridgehead atoms. The molecule has 1 saturated heterocycles. The van der Waals surface area contributed by atoms with E-state index in [-0.39, 0.29) is 11.9 Å². The van der Waals surface area contributed by atoms with Gasteiger partial charge in [-0.1, -0.05) is 35.9 Å². The summed E-state index contributed by atoms with van der Waals surface area (Å²) in [6.45, 7) is 4.67. The minimum Gasteiger partial charge on any atom is -0.497 e. The predicted molar refractivity (Wildman–Crippen MR) is 122 cm³/mol. The van der Waals surface area contributed by atoms with Crippen LogP contribution in [-0.4, -0.2) is 72.4 Å². The second-order valence-corrected chi connectivity index (χ2v) is 8.43. The molecule has 0 aliphatic carbocycles. The lowest BCUT2D eigenvalue weighted by atomic mass is 9.96. The van der Waals surface area contributed by atoms with Crippen molar-refractivity contribution in [3.05, 3.63) is 70.4 Å². The van der Waals surface area contributed by atoms with Crippen molar-refractivity contribution in [2.45, 2.75) is 6.04 Å². The van der Waals surface area contributed by atoms with Gasteiger partial charge in [-0.05, 0) is 29.8 Å². The number of hydrogen-bond donors (Lipinski definition) is 1. The first-order chi connectivity index (χ1) is 15.7. The zero-order chi connectivity index (χ0) is 22.1. The molecule has 3 heterocycles. The van der Waals surface area contributed by atoms with E-state index >= 15 is 0 Å². The molecule has 166 valence electrons. The van der Waals surface area contributed by atoms with Crippen LogP contribution in [-0.2, 0) is 4.74 Å². The van der Waals surface area contributed by atoms with Crippen LogP contribution in [0.3, 0.4) is 0 Å². The number of aromatic amines is 1. The van der Waals surface area contributed by atoms with Gasteiger partial charge in [0, 0.05) is 42.3 Å². The molecule has 0 saturated carbocycles. The van der Waals surface area contributed by atoms with Crippen LogP contribution in [0.15, 0.2) is 48.5 Å². The highest BCUT2D eigenvalue weighted by Gasteiger charge is 2.42. The lowest BCUT2D eigenvalue weighted by Crippen LogP contribution is -2.42. The first kappa shape index (κ1) is 21.0. The number of morpholine rings is 1. The molecule has 1 N–H and O–H groups in total. The number of ether oxygens (including phenoxy) is 2. The number of aromatic nitrogens is 2. The van der Waals surface area contributed by atoms with Crippen molar-refractivity contribution in [1.82, 2.24) is 20.0 Å². The van der Waals surface area contributed by atoms with Crippen LogP contribution in [0.25, 0.3) is 11.3 Å². The minimum absolute atomic E-state index is 0.0261. The number of nitrogens with zero attached hydrogens (tertiary/aromatic N) is 3. The van der Waals surface area contributed by atoms with Crippen LogP contribution in [0.4, 0.5) is 0 Å². The molecule has 1 atom stereocenters. The number of H-pyrrole nitrogens is 1. The topological polar surface area (TPSA) is 70.7 Å². The smallest absolute Gasteiger partial charge is 0.273 e. The predicted octanol–water partition coefficient (Wildman–Crippen LogP) is 3.62. The standard InChI is InChI=1S/C24H25ClN4O3/c1-31-19-8-4-17(5-9-19)23-20-21(16-2-6-18(25)7-3-16)26-27-22(20)24(30)29(23)11-10-28-12-14-32-15-13-28/h2-9,23H,10-15H2,1H3,(H,26,27). The van der Waals surface area contributed by atoms with Gasteiger partial charge in [0.1, 0.15) is 11.4 Å². The van der Waals surface area contributed by atoms with Crippen LogP contribution in [0.5, 0.6) is 5.75 Å². The lowest BCUT2D eigenvalue weighted by Gasteiger charge is -2.31. The summed E-state index contributed by atoms with van der Waals surface area (Å²) in [6, 6.07) is 15.2. The fourth-order valence-electron chi connectivity index (χ4n) is 4.46. The van der Waals surface area contributed by atoms with E-state index in [0.717, 1.165) is 61.0 Å². The Hall–Kier alpha value is -2.87. The summed E-state index contributed by atoms with van der Waals surface area (Å²) < 4.78 is 10.8. The van der Waals surface area contributed by atoms with Crippen LogP contribution in [0.1, 0.15) is 27.7 Å². The number of benzene rings is 2. The molecule has 2 aromatic carbocycles. The summed E-state index contributed by atoms with van der Waals surface area (Å²) in [6.07, 6.45) is 0. The number of hydrogen-bond acceptors (Lipinski definition) is 5. The number of methoxy groups -OCH3 is 1.